The minimum atomic E-state index is -2.73. The second-order valence-corrected chi connectivity index (χ2v) is 7.81. The van der Waals surface area contributed by atoms with Crippen LogP contribution in [-0.2, 0) is 4.74 Å². The Hall–Kier alpha value is -3.11. The van der Waals surface area contributed by atoms with Crippen LogP contribution in [0.5, 0.6) is 11.5 Å². The third kappa shape index (κ3) is 5.63. The first-order chi connectivity index (χ1) is 15.9. The van der Waals surface area contributed by atoms with Crippen molar-refractivity contribution >= 4 is 22.4 Å². The molecule has 1 aliphatic heterocycles. The second-order valence-electron chi connectivity index (χ2n) is 7.81. The molecule has 1 saturated heterocycles. The Labute approximate surface area is 189 Å². The average molecular weight is 462 g/mol. The van der Waals surface area contributed by atoms with Crippen LogP contribution in [-0.4, -0.2) is 60.9 Å². The lowest BCUT2D eigenvalue weighted by atomic mass is 10.1. The van der Waals surface area contributed by atoms with Gasteiger partial charge in [-0.05, 0) is 43.2 Å². The van der Waals surface area contributed by atoms with Crippen LogP contribution >= 0.6 is 0 Å². The number of ether oxygens (including phenoxy) is 3. The molecule has 176 valence electrons. The number of nitrogens with zero attached hydrogens (tertiary/aromatic N) is 3. The Morgan fingerprint density at radius 1 is 1.15 bits per heavy atom. The van der Waals surface area contributed by atoms with Gasteiger partial charge in [0.15, 0.2) is 11.5 Å². The van der Waals surface area contributed by atoms with E-state index in [4.69, 9.17) is 9.47 Å². The van der Waals surface area contributed by atoms with E-state index in [1.807, 2.05) is 11.0 Å². The van der Waals surface area contributed by atoms with Gasteiger partial charge in [0.25, 0.3) is 0 Å². The van der Waals surface area contributed by atoms with Crippen molar-refractivity contribution in [3.8, 4) is 11.5 Å². The number of benzene rings is 2. The summed E-state index contributed by atoms with van der Waals surface area (Å²) in [5, 5.41) is 3.94. The quantitative estimate of drug-likeness (QED) is 0.444. The van der Waals surface area contributed by atoms with Crippen molar-refractivity contribution in [3.05, 3.63) is 48.0 Å². The van der Waals surface area contributed by atoms with Crippen molar-refractivity contribution in [1.82, 2.24) is 14.9 Å². The molecule has 1 N–H and O–H groups in total. The third-order valence-corrected chi connectivity index (χ3v) is 5.44. The van der Waals surface area contributed by atoms with Crippen molar-refractivity contribution in [2.75, 3.05) is 38.7 Å². The van der Waals surface area contributed by atoms with Gasteiger partial charge in [-0.25, -0.2) is 14.4 Å². The molecule has 1 fully saturated rings. The van der Waals surface area contributed by atoms with Gasteiger partial charge in [0.05, 0.1) is 25.3 Å². The maximum Gasteiger partial charge on any atom is 0.345 e. The van der Waals surface area contributed by atoms with E-state index in [0.717, 1.165) is 11.9 Å². The fraction of sp³-hybridized carbons (Fsp3) is 0.391. The van der Waals surface area contributed by atoms with Gasteiger partial charge >= 0.3 is 6.61 Å². The lowest BCUT2D eigenvalue weighted by molar-refractivity contribution is -0.195. The SMILES string of the molecule is COc1cc2ncnc(Nc3ccc(F)c(C)c3)c2cc1OCCCN1CC(OC(F)F)C1. The van der Waals surface area contributed by atoms with E-state index < -0.39 is 12.7 Å². The summed E-state index contributed by atoms with van der Waals surface area (Å²) >= 11 is 0. The molecule has 0 radical (unpaired) electrons. The molecule has 10 heteroatoms. The number of fused-ring (bicyclic) bond motifs is 1. The van der Waals surface area contributed by atoms with Crippen LogP contribution in [0, 0.1) is 12.7 Å². The van der Waals surface area contributed by atoms with Gasteiger partial charge in [-0.3, -0.25) is 4.90 Å². The van der Waals surface area contributed by atoms with Gasteiger partial charge in [0, 0.05) is 36.8 Å². The lowest BCUT2D eigenvalue weighted by Crippen LogP contribution is -2.53. The monoisotopic (exact) mass is 462 g/mol. The topological polar surface area (TPSA) is 68.7 Å². The van der Waals surface area contributed by atoms with Gasteiger partial charge in [-0.1, -0.05) is 0 Å². The predicted molar refractivity (Wildman–Crippen MR) is 118 cm³/mol. The first-order valence-electron chi connectivity index (χ1n) is 10.6. The number of halogens is 3. The number of aryl methyl sites for hydroxylation is 1. The molecule has 2 aromatic carbocycles. The molecule has 7 nitrogen and oxygen atoms in total. The van der Waals surface area contributed by atoms with Crippen LogP contribution in [0.2, 0.25) is 0 Å². The Morgan fingerprint density at radius 2 is 1.97 bits per heavy atom. The standard InChI is InChI=1S/C23H25F3N4O3/c1-14-8-15(4-5-18(14)24)29-22-17-9-21(20(31-2)10-19(17)27-13-28-22)32-7-3-6-30-11-16(12-30)33-23(25)26/h4-5,8-10,13,16,23H,3,6-7,11-12H2,1-2H3,(H,27,28,29). The van der Waals surface area contributed by atoms with Crippen LogP contribution in [0.4, 0.5) is 24.7 Å². The third-order valence-electron chi connectivity index (χ3n) is 5.44. The highest BCUT2D eigenvalue weighted by Crippen LogP contribution is 2.35. The molecule has 1 aliphatic rings. The Morgan fingerprint density at radius 3 is 2.70 bits per heavy atom. The predicted octanol–water partition coefficient (Wildman–Crippen LogP) is 4.52. The summed E-state index contributed by atoms with van der Waals surface area (Å²) in [6, 6.07) is 8.33. The van der Waals surface area contributed by atoms with Gasteiger partial charge in [-0.2, -0.15) is 8.78 Å². The number of hydrogen-bond acceptors (Lipinski definition) is 7. The van der Waals surface area contributed by atoms with Crippen molar-refractivity contribution in [3.63, 3.8) is 0 Å². The number of likely N-dealkylation sites (tertiary alicyclic amines) is 1. The number of anilines is 2. The van der Waals surface area contributed by atoms with E-state index in [2.05, 4.69) is 20.0 Å². The fourth-order valence-electron chi connectivity index (χ4n) is 3.70. The molecule has 2 heterocycles. The normalized spacial score (nSPS) is 14.5. The van der Waals surface area contributed by atoms with Crippen molar-refractivity contribution in [1.29, 1.82) is 0 Å². The highest BCUT2D eigenvalue weighted by atomic mass is 19.3. The summed E-state index contributed by atoms with van der Waals surface area (Å²) in [6.07, 6.45) is 1.76. The van der Waals surface area contributed by atoms with Crippen LogP contribution in [0.1, 0.15) is 12.0 Å². The molecule has 0 spiro atoms. The molecule has 0 atom stereocenters. The summed E-state index contributed by atoms with van der Waals surface area (Å²) < 4.78 is 53.9. The second kappa shape index (κ2) is 10.2. The van der Waals surface area contributed by atoms with E-state index in [9.17, 15) is 13.2 Å². The van der Waals surface area contributed by atoms with Crippen molar-refractivity contribution < 1.29 is 27.4 Å². The highest BCUT2D eigenvalue weighted by molar-refractivity contribution is 5.93. The largest absolute Gasteiger partial charge is 0.493 e. The summed E-state index contributed by atoms with van der Waals surface area (Å²) in [6.45, 7) is 1.11. The van der Waals surface area contributed by atoms with Crippen LogP contribution < -0.4 is 14.8 Å². The molecule has 4 rings (SSSR count). The minimum absolute atomic E-state index is 0.274. The first-order valence-corrected chi connectivity index (χ1v) is 10.6. The van der Waals surface area contributed by atoms with Crippen molar-refractivity contribution in [2.24, 2.45) is 0 Å². The Kier molecular flexibility index (Phi) is 7.14. The fourth-order valence-corrected chi connectivity index (χ4v) is 3.70. The van der Waals surface area contributed by atoms with Gasteiger partial charge in [0.2, 0.25) is 0 Å². The molecule has 0 amide bonds. The molecular formula is C23H25F3N4O3. The van der Waals surface area contributed by atoms with Crippen molar-refractivity contribution in [2.45, 2.75) is 26.1 Å². The number of rotatable bonds is 10. The van der Waals surface area contributed by atoms with Crippen LogP contribution in [0.3, 0.4) is 0 Å². The van der Waals surface area contributed by atoms with Gasteiger partial charge in [-0.15, -0.1) is 0 Å². The first kappa shape index (κ1) is 23.1. The zero-order valence-corrected chi connectivity index (χ0v) is 18.4. The smallest absolute Gasteiger partial charge is 0.345 e. The number of methoxy groups -OCH3 is 1. The zero-order chi connectivity index (χ0) is 23.4. The number of alkyl halides is 2. The molecule has 0 unspecified atom stereocenters. The minimum Gasteiger partial charge on any atom is -0.493 e. The summed E-state index contributed by atoms with van der Waals surface area (Å²) in [4.78, 5) is 10.7. The number of nitrogens with one attached hydrogen (secondary N) is 1. The van der Waals surface area contributed by atoms with E-state index in [0.29, 0.717) is 60.2 Å². The maximum absolute atomic E-state index is 13.6. The summed E-state index contributed by atoms with van der Waals surface area (Å²) in [7, 11) is 1.55. The Bertz CT molecular complexity index is 1110. The highest BCUT2D eigenvalue weighted by Gasteiger charge is 2.29. The molecular weight excluding hydrogens is 437 g/mol. The number of aromatic nitrogens is 2. The Balaban J connectivity index is 1.42. The zero-order valence-electron chi connectivity index (χ0n) is 18.4. The van der Waals surface area contributed by atoms with Gasteiger partial charge < -0.3 is 19.5 Å². The maximum atomic E-state index is 13.6. The molecule has 0 saturated carbocycles. The molecule has 1 aromatic heterocycles. The number of hydrogen-bond donors (Lipinski definition) is 1. The molecule has 0 aliphatic carbocycles. The molecule has 3 aromatic rings. The van der Waals surface area contributed by atoms with E-state index in [1.165, 1.54) is 12.4 Å². The van der Waals surface area contributed by atoms with Gasteiger partial charge in [0.1, 0.15) is 18.0 Å². The summed E-state index contributed by atoms with van der Waals surface area (Å²) in [5.41, 5.74) is 1.90. The molecule has 0 bridgehead atoms. The molecule has 33 heavy (non-hydrogen) atoms. The van der Waals surface area contributed by atoms with E-state index >= 15 is 0 Å². The van der Waals surface area contributed by atoms with Crippen LogP contribution in [0.15, 0.2) is 36.7 Å². The lowest BCUT2D eigenvalue weighted by Gasteiger charge is -2.38. The van der Waals surface area contributed by atoms with E-state index in [-0.39, 0.29) is 5.82 Å². The summed E-state index contributed by atoms with van der Waals surface area (Å²) in [5.74, 6) is 1.37. The van der Waals surface area contributed by atoms with Crippen LogP contribution in [0.25, 0.3) is 10.9 Å². The average Bonchev–Trinajstić information content (AvgIpc) is 2.76. The van der Waals surface area contributed by atoms with E-state index in [1.54, 1.807) is 32.2 Å².